The molecule has 1 aliphatic heterocycles. The van der Waals surface area contributed by atoms with Crippen molar-refractivity contribution in [1.29, 1.82) is 0 Å². The van der Waals surface area contributed by atoms with Gasteiger partial charge in [-0.05, 0) is 54.3 Å². The summed E-state index contributed by atoms with van der Waals surface area (Å²) in [6, 6.07) is 18.8. The van der Waals surface area contributed by atoms with Crippen molar-refractivity contribution in [3.05, 3.63) is 78.1 Å². The van der Waals surface area contributed by atoms with Crippen LogP contribution in [0.3, 0.4) is 0 Å². The molecule has 2 N–H and O–H groups in total. The third kappa shape index (κ3) is 4.49. The number of benzene rings is 2. The Hall–Kier alpha value is -2.92. The standard InChI is InChI=1S/C23H26N4O/c28-23(20-10-13-24-14-11-20)25-16-21-4-1-2-5-22(21)19-8-6-18(7-9-19)17-27-15-3-12-26-27/h1-9,12,15,20,24H,10-11,13-14,16-17H2,(H,25,28). The molecule has 28 heavy (non-hydrogen) atoms. The fourth-order valence-electron chi connectivity index (χ4n) is 3.74. The van der Waals surface area contributed by atoms with Crippen LogP contribution in [0.25, 0.3) is 11.1 Å². The number of nitrogens with zero attached hydrogens (tertiary/aromatic N) is 2. The van der Waals surface area contributed by atoms with Gasteiger partial charge in [0, 0.05) is 24.9 Å². The zero-order valence-corrected chi connectivity index (χ0v) is 16.0. The summed E-state index contributed by atoms with van der Waals surface area (Å²) in [6.45, 7) is 3.19. The molecule has 1 aliphatic rings. The summed E-state index contributed by atoms with van der Waals surface area (Å²) in [4.78, 5) is 12.5. The molecule has 0 aliphatic carbocycles. The molecule has 0 unspecified atom stereocenters. The van der Waals surface area contributed by atoms with E-state index in [1.807, 2.05) is 29.1 Å². The first-order valence-electron chi connectivity index (χ1n) is 9.93. The fourth-order valence-corrected chi connectivity index (χ4v) is 3.74. The van der Waals surface area contributed by atoms with E-state index in [1.165, 1.54) is 11.1 Å². The van der Waals surface area contributed by atoms with E-state index >= 15 is 0 Å². The van der Waals surface area contributed by atoms with Crippen LogP contribution < -0.4 is 10.6 Å². The van der Waals surface area contributed by atoms with E-state index in [9.17, 15) is 4.79 Å². The van der Waals surface area contributed by atoms with E-state index < -0.39 is 0 Å². The maximum absolute atomic E-state index is 12.5. The maximum atomic E-state index is 12.5. The molecule has 0 bridgehead atoms. The second kappa shape index (κ2) is 8.85. The maximum Gasteiger partial charge on any atom is 0.223 e. The van der Waals surface area contributed by atoms with E-state index in [1.54, 1.807) is 6.20 Å². The summed E-state index contributed by atoms with van der Waals surface area (Å²) >= 11 is 0. The number of hydrogen-bond acceptors (Lipinski definition) is 3. The van der Waals surface area contributed by atoms with Crippen LogP contribution in [0, 0.1) is 5.92 Å². The van der Waals surface area contributed by atoms with Crippen molar-refractivity contribution in [2.45, 2.75) is 25.9 Å². The minimum atomic E-state index is 0.134. The normalized spacial score (nSPS) is 14.7. The van der Waals surface area contributed by atoms with Gasteiger partial charge in [0.25, 0.3) is 0 Å². The van der Waals surface area contributed by atoms with Gasteiger partial charge in [0.15, 0.2) is 0 Å². The average molecular weight is 374 g/mol. The zero-order chi connectivity index (χ0) is 19.2. The van der Waals surface area contributed by atoms with Gasteiger partial charge in [-0.3, -0.25) is 9.48 Å². The van der Waals surface area contributed by atoms with Crippen LogP contribution in [0.5, 0.6) is 0 Å². The van der Waals surface area contributed by atoms with Crippen LogP contribution in [0.15, 0.2) is 67.0 Å². The van der Waals surface area contributed by atoms with Crippen LogP contribution in [-0.4, -0.2) is 28.8 Å². The van der Waals surface area contributed by atoms with Gasteiger partial charge in [-0.2, -0.15) is 5.10 Å². The summed E-state index contributed by atoms with van der Waals surface area (Å²) in [6.07, 6.45) is 5.60. The molecular weight excluding hydrogens is 348 g/mol. The highest BCUT2D eigenvalue weighted by Gasteiger charge is 2.20. The van der Waals surface area contributed by atoms with E-state index in [0.29, 0.717) is 6.54 Å². The molecule has 2 heterocycles. The first-order valence-corrected chi connectivity index (χ1v) is 9.93. The van der Waals surface area contributed by atoms with Gasteiger partial charge in [-0.1, -0.05) is 48.5 Å². The second-order valence-electron chi connectivity index (χ2n) is 7.30. The van der Waals surface area contributed by atoms with Crippen molar-refractivity contribution >= 4 is 5.91 Å². The van der Waals surface area contributed by atoms with Gasteiger partial charge in [0.1, 0.15) is 0 Å². The lowest BCUT2D eigenvalue weighted by Gasteiger charge is -2.22. The fraction of sp³-hybridized carbons (Fsp3) is 0.304. The number of amides is 1. The summed E-state index contributed by atoms with van der Waals surface area (Å²) in [5, 5.41) is 10.7. The van der Waals surface area contributed by atoms with Gasteiger partial charge < -0.3 is 10.6 Å². The highest BCUT2D eigenvalue weighted by atomic mass is 16.1. The van der Waals surface area contributed by atoms with Crippen molar-refractivity contribution in [2.24, 2.45) is 5.92 Å². The lowest BCUT2D eigenvalue weighted by molar-refractivity contribution is -0.125. The summed E-state index contributed by atoms with van der Waals surface area (Å²) in [7, 11) is 0. The Morgan fingerprint density at radius 3 is 2.61 bits per heavy atom. The van der Waals surface area contributed by atoms with Crippen molar-refractivity contribution in [3.63, 3.8) is 0 Å². The predicted molar refractivity (Wildman–Crippen MR) is 111 cm³/mol. The molecule has 3 aromatic rings. The molecule has 1 fully saturated rings. The smallest absolute Gasteiger partial charge is 0.223 e. The Balaban J connectivity index is 1.44. The summed E-state index contributed by atoms with van der Waals surface area (Å²) < 4.78 is 1.92. The molecule has 2 aromatic carbocycles. The quantitative estimate of drug-likeness (QED) is 0.697. The number of carbonyl (C=O) groups is 1. The van der Waals surface area contributed by atoms with Gasteiger partial charge >= 0.3 is 0 Å². The Bertz CT molecular complexity index is 897. The van der Waals surface area contributed by atoms with Crippen LogP contribution in [0.2, 0.25) is 0 Å². The zero-order valence-electron chi connectivity index (χ0n) is 16.0. The minimum absolute atomic E-state index is 0.134. The summed E-state index contributed by atoms with van der Waals surface area (Å²) in [5.74, 6) is 0.306. The van der Waals surface area contributed by atoms with Crippen molar-refractivity contribution < 1.29 is 4.79 Å². The molecular formula is C23H26N4O. The van der Waals surface area contributed by atoms with Crippen LogP contribution in [-0.2, 0) is 17.9 Å². The second-order valence-corrected chi connectivity index (χ2v) is 7.30. The number of hydrogen-bond donors (Lipinski definition) is 2. The molecule has 1 amide bonds. The van der Waals surface area contributed by atoms with Crippen molar-refractivity contribution in [2.75, 3.05) is 13.1 Å². The topological polar surface area (TPSA) is 59.0 Å². The molecule has 1 saturated heterocycles. The molecule has 0 spiro atoms. The Morgan fingerprint density at radius 2 is 1.86 bits per heavy atom. The largest absolute Gasteiger partial charge is 0.352 e. The molecule has 144 valence electrons. The number of nitrogens with one attached hydrogen (secondary N) is 2. The van der Waals surface area contributed by atoms with Crippen LogP contribution >= 0.6 is 0 Å². The van der Waals surface area contributed by atoms with E-state index in [0.717, 1.165) is 43.6 Å². The van der Waals surface area contributed by atoms with Crippen molar-refractivity contribution in [1.82, 2.24) is 20.4 Å². The molecule has 0 radical (unpaired) electrons. The highest BCUT2D eigenvalue weighted by Crippen LogP contribution is 2.24. The number of aromatic nitrogens is 2. The minimum Gasteiger partial charge on any atom is -0.352 e. The molecule has 0 atom stereocenters. The highest BCUT2D eigenvalue weighted by molar-refractivity contribution is 5.79. The van der Waals surface area contributed by atoms with Gasteiger partial charge in [0.2, 0.25) is 5.91 Å². The third-order valence-electron chi connectivity index (χ3n) is 5.35. The van der Waals surface area contributed by atoms with Gasteiger partial charge in [0.05, 0.1) is 6.54 Å². The van der Waals surface area contributed by atoms with E-state index in [2.05, 4.69) is 52.1 Å². The Labute approximate surface area is 165 Å². The van der Waals surface area contributed by atoms with E-state index in [4.69, 9.17) is 0 Å². The molecule has 5 nitrogen and oxygen atoms in total. The lowest BCUT2D eigenvalue weighted by Crippen LogP contribution is -2.37. The number of rotatable bonds is 6. The monoisotopic (exact) mass is 374 g/mol. The van der Waals surface area contributed by atoms with Gasteiger partial charge in [-0.15, -0.1) is 0 Å². The summed E-state index contributed by atoms with van der Waals surface area (Å²) in [5.41, 5.74) is 4.68. The first-order chi connectivity index (χ1) is 13.8. The average Bonchev–Trinajstić information content (AvgIpc) is 3.26. The van der Waals surface area contributed by atoms with Crippen LogP contribution in [0.4, 0.5) is 0 Å². The number of carbonyl (C=O) groups excluding carboxylic acids is 1. The first kappa shape index (κ1) is 18.4. The predicted octanol–water partition coefficient (Wildman–Crippen LogP) is 3.21. The Morgan fingerprint density at radius 1 is 1.07 bits per heavy atom. The number of piperidine rings is 1. The Kier molecular flexibility index (Phi) is 5.83. The van der Waals surface area contributed by atoms with Gasteiger partial charge in [-0.25, -0.2) is 0 Å². The molecule has 1 aromatic heterocycles. The SMILES string of the molecule is O=C(NCc1ccccc1-c1ccc(Cn2cccn2)cc1)C1CCNCC1. The third-order valence-corrected chi connectivity index (χ3v) is 5.35. The van der Waals surface area contributed by atoms with Crippen molar-refractivity contribution in [3.8, 4) is 11.1 Å². The molecule has 5 heteroatoms. The lowest BCUT2D eigenvalue weighted by atomic mass is 9.96. The molecule has 0 saturated carbocycles. The van der Waals surface area contributed by atoms with E-state index in [-0.39, 0.29) is 11.8 Å². The van der Waals surface area contributed by atoms with Crippen LogP contribution in [0.1, 0.15) is 24.0 Å². The molecule has 4 rings (SSSR count).